The van der Waals surface area contributed by atoms with Crippen LogP contribution in [0.15, 0.2) is 48.5 Å². The molecular formula is C22H30N2O3. The second-order valence-electron chi connectivity index (χ2n) is 6.25. The minimum atomic E-state index is -0.520. The average Bonchev–Trinajstić information content (AvgIpc) is 2.72. The van der Waals surface area contributed by atoms with Gasteiger partial charge in [0.25, 0.3) is 5.91 Å². The second-order valence-corrected chi connectivity index (χ2v) is 6.25. The first-order valence-corrected chi connectivity index (χ1v) is 9.53. The second kappa shape index (κ2) is 10.5. The summed E-state index contributed by atoms with van der Waals surface area (Å²) in [6.45, 7) is 8.67. The summed E-state index contributed by atoms with van der Waals surface area (Å²) in [5.41, 5.74) is 2.27. The number of ether oxygens (including phenoxy) is 2. The van der Waals surface area contributed by atoms with Gasteiger partial charge in [0, 0.05) is 25.3 Å². The van der Waals surface area contributed by atoms with Crippen molar-refractivity contribution >= 4 is 11.6 Å². The van der Waals surface area contributed by atoms with Crippen LogP contribution in [0.1, 0.15) is 32.8 Å². The molecule has 5 nitrogen and oxygen atoms in total. The molecule has 0 aliphatic heterocycles. The Balaban J connectivity index is 1.90. The molecule has 5 heteroatoms. The molecule has 0 radical (unpaired) electrons. The van der Waals surface area contributed by atoms with Gasteiger partial charge in [-0.25, -0.2) is 0 Å². The van der Waals surface area contributed by atoms with Gasteiger partial charge in [-0.1, -0.05) is 19.1 Å². The van der Waals surface area contributed by atoms with Gasteiger partial charge in [0.2, 0.25) is 0 Å². The number of hydrogen-bond acceptors (Lipinski definition) is 4. The Morgan fingerprint density at radius 1 is 0.963 bits per heavy atom. The van der Waals surface area contributed by atoms with Crippen LogP contribution in [0.25, 0.3) is 0 Å². The molecule has 0 aliphatic rings. The average molecular weight is 370 g/mol. The summed E-state index contributed by atoms with van der Waals surface area (Å²) in [4.78, 5) is 14.8. The van der Waals surface area contributed by atoms with E-state index in [4.69, 9.17) is 9.47 Å². The van der Waals surface area contributed by atoms with Crippen molar-refractivity contribution < 1.29 is 14.3 Å². The van der Waals surface area contributed by atoms with E-state index >= 15 is 0 Å². The molecular weight excluding hydrogens is 340 g/mol. The first kappa shape index (κ1) is 20.6. The molecule has 1 atom stereocenters. The molecule has 0 fully saturated rings. The van der Waals surface area contributed by atoms with Crippen molar-refractivity contribution in [2.75, 3.05) is 25.1 Å². The van der Waals surface area contributed by atoms with E-state index in [1.807, 2.05) is 19.1 Å². The highest BCUT2D eigenvalue weighted by Crippen LogP contribution is 2.19. The SMILES string of the molecule is CCC(Oc1ccc(OC)cc1)C(=O)NCc1ccc(N(CC)CC)cc1. The fraction of sp³-hybridized carbons (Fsp3) is 0.409. The molecule has 27 heavy (non-hydrogen) atoms. The molecule has 2 aromatic carbocycles. The highest BCUT2D eigenvalue weighted by atomic mass is 16.5. The van der Waals surface area contributed by atoms with Gasteiger partial charge in [0.1, 0.15) is 11.5 Å². The lowest BCUT2D eigenvalue weighted by Crippen LogP contribution is -2.37. The van der Waals surface area contributed by atoms with E-state index in [0.717, 1.165) is 24.4 Å². The highest BCUT2D eigenvalue weighted by molar-refractivity contribution is 5.81. The molecule has 0 aliphatic carbocycles. The van der Waals surface area contributed by atoms with Crippen LogP contribution in [0.4, 0.5) is 5.69 Å². The molecule has 146 valence electrons. The molecule has 0 heterocycles. The van der Waals surface area contributed by atoms with Crippen LogP contribution in [-0.2, 0) is 11.3 Å². The first-order chi connectivity index (χ1) is 13.1. The smallest absolute Gasteiger partial charge is 0.261 e. The number of amides is 1. The molecule has 0 saturated heterocycles. The van der Waals surface area contributed by atoms with Crippen LogP contribution in [-0.4, -0.2) is 32.2 Å². The largest absolute Gasteiger partial charge is 0.497 e. The molecule has 0 aromatic heterocycles. The van der Waals surface area contributed by atoms with Gasteiger partial charge in [-0.05, 0) is 62.2 Å². The summed E-state index contributed by atoms with van der Waals surface area (Å²) in [5, 5.41) is 2.97. The van der Waals surface area contributed by atoms with Crippen molar-refractivity contribution in [2.24, 2.45) is 0 Å². The maximum Gasteiger partial charge on any atom is 0.261 e. The van der Waals surface area contributed by atoms with Crippen LogP contribution >= 0.6 is 0 Å². The third-order valence-corrected chi connectivity index (χ3v) is 4.53. The topological polar surface area (TPSA) is 50.8 Å². The Hall–Kier alpha value is -2.69. The number of rotatable bonds is 10. The van der Waals surface area contributed by atoms with Gasteiger partial charge in [0.05, 0.1) is 7.11 Å². The molecule has 0 bridgehead atoms. The van der Waals surface area contributed by atoms with Crippen LogP contribution in [0.5, 0.6) is 11.5 Å². The maximum absolute atomic E-state index is 12.5. The van der Waals surface area contributed by atoms with Crippen molar-refractivity contribution in [3.05, 3.63) is 54.1 Å². The lowest BCUT2D eigenvalue weighted by Gasteiger charge is -2.21. The zero-order valence-electron chi connectivity index (χ0n) is 16.7. The van der Waals surface area contributed by atoms with E-state index in [2.05, 4.69) is 48.3 Å². The van der Waals surface area contributed by atoms with Crippen LogP contribution in [0, 0.1) is 0 Å². The van der Waals surface area contributed by atoms with E-state index in [-0.39, 0.29) is 5.91 Å². The number of anilines is 1. The van der Waals surface area contributed by atoms with Crippen molar-refractivity contribution in [1.82, 2.24) is 5.32 Å². The van der Waals surface area contributed by atoms with Crippen LogP contribution in [0.2, 0.25) is 0 Å². The number of methoxy groups -OCH3 is 1. The van der Waals surface area contributed by atoms with Gasteiger partial charge < -0.3 is 19.7 Å². The molecule has 1 amide bonds. The summed E-state index contributed by atoms with van der Waals surface area (Å²) >= 11 is 0. The normalized spacial score (nSPS) is 11.6. The lowest BCUT2D eigenvalue weighted by molar-refractivity contribution is -0.128. The first-order valence-electron chi connectivity index (χ1n) is 9.53. The molecule has 2 aromatic rings. The number of nitrogens with one attached hydrogen (secondary N) is 1. The van der Waals surface area contributed by atoms with E-state index in [1.54, 1.807) is 19.2 Å². The van der Waals surface area contributed by atoms with E-state index in [1.165, 1.54) is 5.69 Å². The van der Waals surface area contributed by atoms with Crippen LogP contribution < -0.4 is 19.7 Å². The number of hydrogen-bond donors (Lipinski definition) is 1. The van der Waals surface area contributed by atoms with E-state index in [9.17, 15) is 4.79 Å². The minimum Gasteiger partial charge on any atom is -0.497 e. The van der Waals surface area contributed by atoms with Crippen molar-refractivity contribution in [3.63, 3.8) is 0 Å². The number of benzene rings is 2. The quantitative estimate of drug-likeness (QED) is 0.686. The number of carbonyl (C=O) groups excluding carboxylic acids is 1. The Morgan fingerprint density at radius 2 is 1.56 bits per heavy atom. The fourth-order valence-electron chi connectivity index (χ4n) is 2.86. The monoisotopic (exact) mass is 370 g/mol. The van der Waals surface area contributed by atoms with Crippen molar-refractivity contribution in [2.45, 2.75) is 39.8 Å². The van der Waals surface area contributed by atoms with Crippen molar-refractivity contribution in [3.8, 4) is 11.5 Å². The Labute approximate surface area is 162 Å². The van der Waals surface area contributed by atoms with Gasteiger partial charge in [-0.15, -0.1) is 0 Å². The third kappa shape index (κ3) is 5.91. The standard InChI is InChI=1S/C22H30N2O3/c1-5-21(27-20-14-12-19(26-4)13-15-20)22(25)23-16-17-8-10-18(11-9-17)24(6-2)7-3/h8-15,21H,5-7,16H2,1-4H3,(H,23,25). The Morgan fingerprint density at radius 3 is 2.07 bits per heavy atom. The number of nitrogens with zero attached hydrogens (tertiary/aromatic N) is 1. The molecule has 1 N–H and O–H groups in total. The summed E-state index contributed by atoms with van der Waals surface area (Å²) in [5.74, 6) is 1.30. The Bertz CT molecular complexity index is 695. The van der Waals surface area contributed by atoms with Gasteiger partial charge >= 0.3 is 0 Å². The summed E-state index contributed by atoms with van der Waals surface area (Å²) in [6, 6.07) is 15.5. The highest BCUT2D eigenvalue weighted by Gasteiger charge is 2.18. The Kier molecular flexibility index (Phi) is 7.99. The van der Waals surface area contributed by atoms with Gasteiger partial charge in [0.15, 0.2) is 6.10 Å². The predicted molar refractivity (Wildman–Crippen MR) is 110 cm³/mol. The van der Waals surface area contributed by atoms with Crippen molar-refractivity contribution in [1.29, 1.82) is 0 Å². The zero-order valence-corrected chi connectivity index (χ0v) is 16.7. The predicted octanol–water partition coefficient (Wildman–Crippen LogP) is 4.02. The zero-order chi connectivity index (χ0) is 19.6. The minimum absolute atomic E-state index is 0.110. The van der Waals surface area contributed by atoms with Gasteiger partial charge in [-0.3, -0.25) is 4.79 Å². The fourth-order valence-corrected chi connectivity index (χ4v) is 2.86. The van der Waals surface area contributed by atoms with Gasteiger partial charge in [-0.2, -0.15) is 0 Å². The summed E-state index contributed by atoms with van der Waals surface area (Å²) in [7, 11) is 1.62. The van der Waals surface area contributed by atoms with Crippen LogP contribution in [0.3, 0.4) is 0 Å². The third-order valence-electron chi connectivity index (χ3n) is 4.53. The molecule has 0 saturated carbocycles. The lowest BCUT2D eigenvalue weighted by atomic mass is 10.2. The summed E-state index contributed by atoms with van der Waals surface area (Å²) in [6.07, 6.45) is 0.0759. The molecule has 2 rings (SSSR count). The number of carbonyl (C=O) groups is 1. The maximum atomic E-state index is 12.5. The molecule has 0 spiro atoms. The summed E-state index contributed by atoms with van der Waals surface area (Å²) < 4.78 is 11.0. The molecule has 1 unspecified atom stereocenters. The van der Waals surface area contributed by atoms with E-state index < -0.39 is 6.10 Å². The van der Waals surface area contributed by atoms with E-state index in [0.29, 0.717) is 18.7 Å².